The lowest BCUT2D eigenvalue weighted by Crippen LogP contribution is -2.16. The molecule has 0 radical (unpaired) electrons. The Balaban J connectivity index is 2.31. The number of carboxylic acids is 1. The van der Waals surface area contributed by atoms with Gasteiger partial charge in [-0.2, -0.15) is 0 Å². The van der Waals surface area contributed by atoms with E-state index in [4.69, 9.17) is 14.6 Å². The van der Waals surface area contributed by atoms with Crippen LogP contribution in [0.5, 0.6) is 11.5 Å². The fourth-order valence-electron chi connectivity index (χ4n) is 1.86. The van der Waals surface area contributed by atoms with E-state index in [9.17, 15) is 13.6 Å². The summed E-state index contributed by atoms with van der Waals surface area (Å²) in [6.07, 6.45) is -0.689. The van der Waals surface area contributed by atoms with Crippen molar-refractivity contribution >= 4 is 21.9 Å². The van der Waals surface area contributed by atoms with E-state index in [1.54, 1.807) is 0 Å². The van der Waals surface area contributed by atoms with E-state index in [1.807, 2.05) is 0 Å². The molecule has 0 spiro atoms. The highest BCUT2D eigenvalue weighted by Gasteiger charge is 2.35. The van der Waals surface area contributed by atoms with Crippen LogP contribution in [0, 0.1) is 0 Å². The Morgan fingerprint density at radius 1 is 1.30 bits per heavy atom. The number of hydrogen-bond acceptors (Lipinski definition) is 3. The summed E-state index contributed by atoms with van der Waals surface area (Å²) in [7, 11) is 0. The molecule has 0 atom stereocenters. The van der Waals surface area contributed by atoms with Crippen LogP contribution in [0.15, 0.2) is 16.6 Å². The first kappa shape index (κ1) is 15.0. The van der Waals surface area contributed by atoms with Crippen LogP contribution in [-0.4, -0.2) is 24.3 Å². The van der Waals surface area contributed by atoms with E-state index in [2.05, 4.69) is 15.9 Å². The van der Waals surface area contributed by atoms with Crippen LogP contribution >= 0.6 is 15.9 Å². The number of ether oxygens (including phenoxy) is 2. The Morgan fingerprint density at radius 3 is 2.50 bits per heavy atom. The average Bonchev–Trinajstić information content (AvgIpc) is 2.60. The Labute approximate surface area is 122 Å². The molecule has 0 bridgehead atoms. The Hall–Kier alpha value is -1.37. The lowest BCUT2D eigenvalue weighted by atomic mass is 10.0. The molecule has 0 aromatic heterocycles. The summed E-state index contributed by atoms with van der Waals surface area (Å²) in [4.78, 5) is 10.5. The number of benzene rings is 1. The van der Waals surface area contributed by atoms with E-state index < -0.39 is 24.7 Å². The second kappa shape index (κ2) is 5.95. The van der Waals surface area contributed by atoms with Crippen molar-refractivity contribution in [3.8, 4) is 11.5 Å². The molecular weight excluding hydrogens is 338 g/mol. The van der Waals surface area contributed by atoms with Crippen molar-refractivity contribution in [2.24, 2.45) is 0 Å². The van der Waals surface area contributed by atoms with E-state index >= 15 is 0 Å². The predicted octanol–water partition coefficient (Wildman–Crippen LogP) is 3.57. The quantitative estimate of drug-likeness (QED) is 0.901. The van der Waals surface area contributed by atoms with Gasteiger partial charge in [-0.05, 0) is 12.1 Å². The highest BCUT2D eigenvalue weighted by Crippen LogP contribution is 2.43. The van der Waals surface area contributed by atoms with Gasteiger partial charge in [0.2, 0.25) is 0 Å². The molecule has 7 heteroatoms. The zero-order chi connectivity index (χ0) is 14.8. The molecule has 0 saturated heterocycles. The minimum absolute atomic E-state index is 0.178. The van der Waals surface area contributed by atoms with Gasteiger partial charge in [0.05, 0.1) is 19.6 Å². The van der Waals surface area contributed by atoms with Crippen molar-refractivity contribution in [2.75, 3.05) is 13.2 Å². The van der Waals surface area contributed by atoms with Gasteiger partial charge >= 0.3 is 5.97 Å². The Bertz CT molecular complexity index is 519. The van der Waals surface area contributed by atoms with E-state index in [1.165, 1.54) is 12.1 Å². The van der Waals surface area contributed by atoms with Crippen LogP contribution in [0.25, 0.3) is 0 Å². The minimum atomic E-state index is -3.25. The number of alkyl halides is 2. The van der Waals surface area contributed by atoms with Gasteiger partial charge in [-0.1, -0.05) is 15.9 Å². The smallest absolute Gasteiger partial charge is 0.303 e. The van der Waals surface area contributed by atoms with Crippen LogP contribution in [0.4, 0.5) is 8.78 Å². The molecule has 0 fully saturated rings. The van der Waals surface area contributed by atoms with Gasteiger partial charge in [0.1, 0.15) is 0 Å². The summed E-state index contributed by atoms with van der Waals surface area (Å²) in [6, 6.07) is 2.65. The van der Waals surface area contributed by atoms with Crippen LogP contribution in [0.1, 0.15) is 24.8 Å². The highest BCUT2D eigenvalue weighted by atomic mass is 79.9. The molecule has 1 N–H and O–H groups in total. The van der Waals surface area contributed by atoms with Crippen molar-refractivity contribution < 1.29 is 28.2 Å². The standard InChI is InChI=1S/C13H13BrF2O4/c14-9-7-11-10(19-4-1-5-20-11)6-8(9)13(15,16)3-2-12(17)18/h6-7H,1-5H2,(H,17,18). The summed E-state index contributed by atoms with van der Waals surface area (Å²) >= 11 is 3.08. The monoisotopic (exact) mass is 350 g/mol. The van der Waals surface area contributed by atoms with Crippen LogP contribution < -0.4 is 9.47 Å². The second-order valence-corrected chi connectivity index (χ2v) is 5.28. The lowest BCUT2D eigenvalue weighted by molar-refractivity contribution is -0.139. The molecule has 1 heterocycles. The molecule has 1 aromatic carbocycles. The SMILES string of the molecule is O=C(O)CCC(F)(F)c1cc2c(cc1Br)OCCCO2. The number of hydrogen-bond donors (Lipinski definition) is 1. The Kier molecular flexibility index (Phi) is 4.47. The molecule has 4 nitrogen and oxygen atoms in total. The molecule has 0 amide bonds. The summed E-state index contributed by atoms with van der Waals surface area (Å²) in [5.74, 6) is -3.83. The third-order valence-electron chi connectivity index (χ3n) is 2.88. The van der Waals surface area contributed by atoms with Gasteiger partial charge in [-0.3, -0.25) is 4.79 Å². The van der Waals surface area contributed by atoms with Gasteiger partial charge in [0.25, 0.3) is 5.92 Å². The van der Waals surface area contributed by atoms with E-state index in [-0.39, 0.29) is 15.8 Å². The van der Waals surface area contributed by atoms with E-state index in [0.717, 1.165) is 0 Å². The largest absolute Gasteiger partial charge is 0.490 e. The van der Waals surface area contributed by atoms with Crippen molar-refractivity contribution in [1.82, 2.24) is 0 Å². The molecule has 20 heavy (non-hydrogen) atoms. The fourth-order valence-corrected chi connectivity index (χ4v) is 2.48. The third kappa shape index (κ3) is 3.39. The highest BCUT2D eigenvalue weighted by molar-refractivity contribution is 9.10. The average molecular weight is 351 g/mol. The van der Waals surface area contributed by atoms with Crippen LogP contribution in [0.3, 0.4) is 0 Å². The predicted molar refractivity (Wildman–Crippen MR) is 70.5 cm³/mol. The summed E-state index contributed by atoms with van der Waals surface area (Å²) < 4.78 is 39.1. The molecule has 1 aromatic rings. The third-order valence-corrected chi connectivity index (χ3v) is 3.54. The number of halogens is 3. The van der Waals surface area contributed by atoms with Crippen molar-refractivity contribution in [3.63, 3.8) is 0 Å². The van der Waals surface area contributed by atoms with Gasteiger partial charge in [0, 0.05) is 22.9 Å². The molecule has 0 unspecified atom stereocenters. The van der Waals surface area contributed by atoms with Gasteiger partial charge in [-0.25, -0.2) is 8.78 Å². The van der Waals surface area contributed by atoms with Gasteiger partial charge < -0.3 is 14.6 Å². The normalized spacial score (nSPS) is 14.8. The maximum atomic E-state index is 14.1. The molecule has 1 aliphatic rings. The molecular formula is C13H13BrF2O4. The molecule has 0 aliphatic carbocycles. The van der Waals surface area contributed by atoms with Crippen LogP contribution in [0.2, 0.25) is 0 Å². The van der Waals surface area contributed by atoms with Gasteiger partial charge in [-0.15, -0.1) is 0 Å². The molecule has 1 aliphatic heterocycles. The summed E-state index contributed by atoms with van der Waals surface area (Å²) in [5, 5.41) is 8.53. The fraction of sp³-hybridized carbons (Fsp3) is 0.462. The van der Waals surface area contributed by atoms with Crippen molar-refractivity contribution in [2.45, 2.75) is 25.2 Å². The van der Waals surface area contributed by atoms with Gasteiger partial charge in [0.15, 0.2) is 11.5 Å². The number of aliphatic carboxylic acids is 1. The molecule has 0 saturated carbocycles. The first-order valence-electron chi connectivity index (χ1n) is 6.09. The Morgan fingerprint density at radius 2 is 1.90 bits per heavy atom. The number of carboxylic acid groups (broad SMARTS) is 1. The summed E-state index contributed by atoms with van der Waals surface area (Å²) in [6.45, 7) is 0.864. The van der Waals surface area contributed by atoms with E-state index in [0.29, 0.717) is 25.4 Å². The zero-order valence-electron chi connectivity index (χ0n) is 10.5. The minimum Gasteiger partial charge on any atom is -0.490 e. The van der Waals surface area contributed by atoms with Crippen LogP contribution in [-0.2, 0) is 10.7 Å². The van der Waals surface area contributed by atoms with Crippen molar-refractivity contribution in [1.29, 1.82) is 0 Å². The van der Waals surface area contributed by atoms with Crippen molar-refractivity contribution in [3.05, 3.63) is 22.2 Å². The molecule has 2 rings (SSSR count). The topological polar surface area (TPSA) is 55.8 Å². The zero-order valence-corrected chi connectivity index (χ0v) is 12.1. The first-order valence-corrected chi connectivity index (χ1v) is 6.89. The maximum Gasteiger partial charge on any atom is 0.303 e. The number of rotatable bonds is 4. The molecule has 110 valence electrons. The number of fused-ring (bicyclic) bond motifs is 1. The first-order chi connectivity index (χ1) is 9.40. The number of carbonyl (C=O) groups is 1. The second-order valence-electron chi connectivity index (χ2n) is 4.43. The maximum absolute atomic E-state index is 14.1. The lowest BCUT2D eigenvalue weighted by Gasteiger charge is -2.19. The summed E-state index contributed by atoms with van der Waals surface area (Å²) in [5.41, 5.74) is -0.289.